The van der Waals surface area contributed by atoms with Gasteiger partial charge in [-0.1, -0.05) is 49.4 Å². The molecule has 0 saturated carbocycles. The Kier molecular flexibility index (Phi) is 5.14. The first-order valence-electron chi connectivity index (χ1n) is 8.43. The van der Waals surface area contributed by atoms with Gasteiger partial charge in [-0.15, -0.1) is 0 Å². The van der Waals surface area contributed by atoms with Crippen molar-refractivity contribution in [2.24, 2.45) is 10.7 Å². The molecule has 1 amide bonds. The van der Waals surface area contributed by atoms with E-state index in [1.165, 1.54) is 0 Å². The number of nitrogens with zero attached hydrogens (tertiary/aromatic N) is 2. The third-order valence-electron chi connectivity index (χ3n) is 4.04. The molecule has 0 fully saturated rings. The van der Waals surface area contributed by atoms with E-state index < -0.39 is 0 Å². The van der Waals surface area contributed by atoms with Crippen LogP contribution in [0.1, 0.15) is 24.8 Å². The fraction of sp³-hybridized carbons (Fsp3) is 0.200. The van der Waals surface area contributed by atoms with E-state index in [9.17, 15) is 4.79 Å². The summed E-state index contributed by atoms with van der Waals surface area (Å²) in [6.45, 7) is 3.05. The minimum absolute atomic E-state index is 0.0954. The molecule has 0 aliphatic carbocycles. The van der Waals surface area contributed by atoms with Gasteiger partial charge in [-0.3, -0.25) is 10.1 Å². The van der Waals surface area contributed by atoms with Crippen molar-refractivity contribution in [3.8, 4) is 0 Å². The number of nitrogens with two attached hydrogens (primary N) is 1. The maximum Gasteiger partial charge on any atom is 0.238 e. The quantitative estimate of drug-likeness (QED) is 0.666. The third-order valence-corrected chi connectivity index (χ3v) is 4.04. The largest absolute Gasteiger partial charge is 0.369 e. The Labute approximate surface area is 147 Å². The molecule has 0 spiro atoms. The number of guanidine groups is 1. The molecule has 0 radical (unpaired) electrons. The van der Waals surface area contributed by atoms with Crippen molar-refractivity contribution in [1.29, 1.82) is 0 Å². The first kappa shape index (κ1) is 16.8. The van der Waals surface area contributed by atoms with Gasteiger partial charge >= 0.3 is 0 Å². The number of rotatable bonds is 4. The highest BCUT2D eigenvalue weighted by molar-refractivity contribution is 6.01. The highest BCUT2D eigenvalue weighted by Gasteiger charge is 2.26. The molecule has 1 aliphatic rings. The number of anilines is 1. The highest BCUT2D eigenvalue weighted by Crippen LogP contribution is 2.33. The van der Waals surface area contributed by atoms with Crippen LogP contribution in [-0.2, 0) is 4.79 Å². The number of aliphatic imine (C=N–C) groups is 1. The molecule has 1 heterocycles. The van der Waals surface area contributed by atoms with Crippen LogP contribution in [0.2, 0.25) is 0 Å². The molecule has 1 unspecified atom stereocenters. The second-order valence-electron chi connectivity index (χ2n) is 5.89. The fourth-order valence-corrected chi connectivity index (χ4v) is 2.92. The lowest BCUT2D eigenvalue weighted by atomic mass is 9.93. The molecular formula is C20H22N4O. The zero-order chi connectivity index (χ0) is 17.6. The van der Waals surface area contributed by atoms with Crippen LogP contribution >= 0.6 is 0 Å². The summed E-state index contributed by atoms with van der Waals surface area (Å²) in [6.07, 6.45) is 4.91. The monoisotopic (exact) mass is 334 g/mol. The van der Waals surface area contributed by atoms with Crippen molar-refractivity contribution in [3.05, 3.63) is 72.4 Å². The molecule has 0 bridgehead atoms. The smallest absolute Gasteiger partial charge is 0.238 e. The van der Waals surface area contributed by atoms with Gasteiger partial charge in [0, 0.05) is 18.4 Å². The lowest BCUT2D eigenvalue weighted by Crippen LogP contribution is -2.40. The molecular weight excluding hydrogens is 312 g/mol. The number of benzene rings is 2. The molecule has 5 heteroatoms. The van der Waals surface area contributed by atoms with Crippen molar-refractivity contribution in [3.63, 3.8) is 0 Å². The summed E-state index contributed by atoms with van der Waals surface area (Å²) in [4.78, 5) is 19.1. The summed E-state index contributed by atoms with van der Waals surface area (Å²) in [5.74, 6) is -0.469. The second-order valence-corrected chi connectivity index (χ2v) is 5.89. The number of fused-ring (bicyclic) bond motifs is 1. The van der Waals surface area contributed by atoms with Crippen molar-refractivity contribution in [1.82, 2.24) is 5.32 Å². The van der Waals surface area contributed by atoms with E-state index >= 15 is 0 Å². The zero-order valence-corrected chi connectivity index (χ0v) is 14.2. The topological polar surface area (TPSA) is 70.7 Å². The fourth-order valence-electron chi connectivity index (χ4n) is 2.92. The van der Waals surface area contributed by atoms with Gasteiger partial charge in [-0.25, -0.2) is 4.99 Å². The van der Waals surface area contributed by atoms with Crippen LogP contribution in [0, 0.1) is 0 Å². The van der Waals surface area contributed by atoms with Crippen LogP contribution in [0.15, 0.2) is 71.9 Å². The first-order chi connectivity index (χ1) is 12.2. The number of para-hydroxylation sites is 2. The van der Waals surface area contributed by atoms with Gasteiger partial charge in [0.15, 0.2) is 0 Å². The van der Waals surface area contributed by atoms with Crippen LogP contribution in [0.25, 0.3) is 0 Å². The van der Waals surface area contributed by atoms with Gasteiger partial charge in [-0.2, -0.15) is 0 Å². The summed E-state index contributed by atoms with van der Waals surface area (Å²) < 4.78 is 0. The lowest BCUT2D eigenvalue weighted by Gasteiger charge is -2.29. The van der Waals surface area contributed by atoms with Crippen LogP contribution in [0.3, 0.4) is 0 Å². The van der Waals surface area contributed by atoms with Crippen molar-refractivity contribution < 1.29 is 4.79 Å². The summed E-state index contributed by atoms with van der Waals surface area (Å²) >= 11 is 0. The van der Waals surface area contributed by atoms with Crippen LogP contribution in [-0.4, -0.2) is 18.4 Å². The van der Waals surface area contributed by atoms with Gasteiger partial charge in [0.25, 0.3) is 0 Å². The Morgan fingerprint density at radius 2 is 1.88 bits per heavy atom. The average molecular weight is 334 g/mol. The Morgan fingerprint density at radius 3 is 2.64 bits per heavy atom. The maximum atomic E-state index is 12.7. The van der Waals surface area contributed by atoms with E-state index in [1.54, 1.807) is 0 Å². The Bertz CT molecular complexity index is 798. The minimum atomic E-state index is -0.381. The van der Waals surface area contributed by atoms with E-state index in [2.05, 4.69) is 22.1 Å². The molecule has 0 saturated heterocycles. The highest BCUT2D eigenvalue weighted by atomic mass is 16.2. The van der Waals surface area contributed by atoms with E-state index in [0.717, 1.165) is 24.2 Å². The third kappa shape index (κ3) is 3.88. The van der Waals surface area contributed by atoms with E-state index in [4.69, 9.17) is 5.73 Å². The standard InChI is InChI=1S/C20H22N4O/c1-2-13-24-14-12-17(16-10-6-7-11-18(16)24)19(25)23-20(21)22-15-8-4-3-5-9-15/h3-12,14,17H,2,13H2,1H3,(H3,21,22,23,25). The molecule has 2 aromatic carbocycles. The Balaban J connectivity index is 1.79. The Morgan fingerprint density at radius 1 is 1.16 bits per heavy atom. The van der Waals surface area contributed by atoms with Crippen molar-refractivity contribution >= 4 is 23.2 Å². The molecule has 1 atom stereocenters. The number of nitrogens with one attached hydrogen (secondary N) is 1. The van der Waals surface area contributed by atoms with Gasteiger partial charge in [0.2, 0.25) is 11.9 Å². The molecule has 2 aromatic rings. The summed E-state index contributed by atoms with van der Waals surface area (Å²) in [6, 6.07) is 17.3. The summed E-state index contributed by atoms with van der Waals surface area (Å²) in [7, 11) is 0. The average Bonchev–Trinajstić information content (AvgIpc) is 2.63. The molecule has 1 aliphatic heterocycles. The Hall–Kier alpha value is -3.08. The molecule has 25 heavy (non-hydrogen) atoms. The van der Waals surface area contributed by atoms with E-state index in [-0.39, 0.29) is 17.8 Å². The molecule has 3 N–H and O–H groups in total. The predicted molar refractivity (Wildman–Crippen MR) is 102 cm³/mol. The van der Waals surface area contributed by atoms with Crippen LogP contribution in [0.4, 0.5) is 11.4 Å². The zero-order valence-electron chi connectivity index (χ0n) is 14.2. The normalized spacial score (nSPS) is 16.4. The minimum Gasteiger partial charge on any atom is -0.369 e. The number of carbonyl (C=O) groups excluding carboxylic acids is 1. The van der Waals surface area contributed by atoms with Crippen molar-refractivity contribution in [2.75, 3.05) is 11.4 Å². The SMILES string of the molecule is CCCN1C=CC(C(=O)NC(N)=Nc2ccccc2)c2ccccc21. The van der Waals surface area contributed by atoms with Gasteiger partial charge in [-0.05, 0) is 30.2 Å². The van der Waals surface area contributed by atoms with E-state index in [1.807, 2.05) is 66.9 Å². The lowest BCUT2D eigenvalue weighted by molar-refractivity contribution is -0.120. The number of hydrogen-bond acceptors (Lipinski definition) is 3. The molecule has 0 aromatic heterocycles. The first-order valence-corrected chi connectivity index (χ1v) is 8.43. The molecule has 128 valence electrons. The number of carbonyl (C=O) groups is 1. The number of amides is 1. The number of hydrogen-bond donors (Lipinski definition) is 2. The molecule has 3 rings (SSSR count). The van der Waals surface area contributed by atoms with Crippen LogP contribution in [0.5, 0.6) is 0 Å². The van der Waals surface area contributed by atoms with Gasteiger partial charge < -0.3 is 10.6 Å². The second kappa shape index (κ2) is 7.66. The summed E-state index contributed by atoms with van der Waals surface area (Å²) in [5, 5.41) is 2.70. The van der Waals surface area contributed by atoms with Gasteiger partial charge in [0.1, 0.15) is 0 Å². The van der Waals surface area contributed by atoms with Crippen LogP contribution < -0.4 is 16.0 Å². The maximum absolute atomic E-state index is 12.7. The summed E-state index contributed by atoms with van der Waals surface area (Å²) in [5.41, 5.74) is 8.63. The predicted octanol–water partition coefficient (Wildman–Crippen LogP) is 3.28. The van der Waals surface area contributed by atoms with E-state index in [0.29, 0.717) is 5.69 Å². The van der Waals surface area contributed by atoms with Gasteiger partial charge in [0.05, 0.1) is 11.6 Å². The van der Waals surface area contributed by atoms with Crippen molar-refractivity contribution in [2.45, 2.75) is 19.3 Å². The molecule has 5 nitrogen and oxygen atoms in total.